The van der Waals surface area contributed by atoms with Crippen LogP contribution < -0.4 is 0 Å². The number of aliphatic hydroxyl groups excluding tert-OH is 1. The normalized spacial score (nSPS) is 26.2. The number of rotatable bonds is 3. The number of β-amino-alcohol motifs (C(OH)–C–C–N with tert-alkyl or cyclic N) is 1. The number of carboxylic acids is 1. The van der Waals surface area contributed by atoms with Crippen molar-refractivity contribution in [2.45, 2.75) is 22.8 Å². The van der Waals surface area contributed by atoms with E-state index < -0.39 is 28.1 Å². The first kappa shape index (κ1) is 12.5. The number of hydrogen-bond acceptors (Lipinski definition) is 5. The molecular weight excluding hydrogens is 266 g/mol. The van der Waals surface area contributed by atoms with Crippen molar-refractivity contribution in [1.29, 1.82) is 0 Å². The summed E-state index contributed by atoms with van der Waals surface area (Å²) in [5, 5.41) is 20.0. The molecule has 0 bridgehead atoms. The molecule has 6 nitrogen and oxygen atoms in total. The molecule has 8 heteroatoms. The summed E-state index contributed by atoms with van der Waals surface area (Å²) in [6.45, 7) is -0.169. The number of thiophene rings is 1. The molecule has 1 aromatic rings. The van der Waals surface area contributed by atoms with Crippen molar-refractivity contribution in [2.75, 3.05) is 6.54 Å². The fraction of sp³-hybridized carbons (Fsp3) is 0.444. The van der Waals surface area contributed by atoms with E-state index in [-0.39, 0.29) is 17.2 Å². The van der Waals surface area contributed by atoms with Crippen LogP contribution in [0.3, 0.4) is 0 Å². The van der Waals surface area contributed by atoms with Gasteiger partial charge < -0.3 is 10.2 Å². The first-order valence-electron chi connectivity index (χ1n) is 4.89. The highest BCUT2D eigenvalue weighted by Crippen LogP contribution is 2.28. The van der Waals surface area contributed by atoms with Crippen molar-refractivity contribution >= 4 is 27.3 Å². The lowest BCUT2D eigenvalue weighted by Crippen LogP contribution is -2.40. The number of sulfonamides is 1. The molecule has 2 heterocycles. The Balaban J connectivity index is 2.36. The Bertz CT molecular complexity index is 509. The molecule has 2 rings (SSSR count). The van der Waals surface area contributed by atoms with Gasteiger partial charge in [-0.25, -0.2) is 8.42 Å². The highest BCUT2D eigenvalue weighted by atomic mass is 32.2. The molecule has 1 aliphatic rings. The molecule has 0 amide bonds. The van der Waals surface area contributed by atoms with Gasteiger partial charge in [0.2, 0.25) is 0 Å². The van der Waals surface area contributed by atoms with Crippen LogP contribution in [0, 0.1) is 0 Å². The summed E-state index contributed by atoms with van der Waals surface area (Å²) >= 11 is 1.03. The van der Waals surface area contributed by atoms with Gasteiger partial charge in [-0.2, -0.15) is 4.31 Å². The smallest absolute Gasteiger partial charge is 0.322 e. The van der Waals surface area contributed by atoms with Crippen LogP contribution in [0.1, 0.15) is 6.42 Å². The van der Waals surface area contributed by atoms with Crippen LogP contribution in [-0.4, -0.2) is 47.6 Å². The third kappa shape index (κ3) is 2.21. The van der Waals surface area contributed by atoms with Crippen LogP contribution in [0.25, 0.3) is 0 Å². The molecule has 0 radical (unpaired) electrons. The van der Waals surface area contributed by atoms with Crippen molar-refractivity contribution in [3.05, 3.63) is 17.5 Å². The molecule has 0 spiro atoms. The summed E-state index contributed by atoms with van der Waals surface area (Å²) in [5.41, 5.74) is 0. The van der Waals surface area contributed by atoms with E-state index in [1.165, 1.54) is 6.07 Å². The minimum atomic E-state index is -3.81. The SMILES string of the molecule is O=C(O)[C@H]1C[C@H](O)CN1S(=O)(=O)c1cccs1. The monoisotopic (exact) mass is 277 g/mol. The van der Waals surface area contributed by atoms with Crippen molar-refractivity contribution in [1.82, 2.24) is 4.31 Å². The van der Waals surface area contributed by atoms with Gasteiger partial charge in [0.1, 0.15) is 10.3 Å². The lowest BCUT2D eigenvalue weighted by Gasteiger charge is -2.19. The van der Waals surface area contributed by atoms with E-state index in [0.717, 1.165) is 15.6 Å². The van der Waals surface area contributed by atoms with Gasteiger partial charge >= 0.3 is 5.97 Å². The molecule has 0 aliphatic carbocycles. The van der Waals surface area contributed by atoms with E-state index in [1.807, 2.05) is 0 Å². The van der Waals surface area contributed by atoms with Crippen molar-refractivity contribution < 1.29 is 23.4 Å². The van der Waals surface area contributed by atoms with E-state index in [2.05, 4.69) is 0 Å². The van der Waals surface area contributed by atoms with Gasteiger partial charge in [0, 0.05) is 13.0 Å². The summed E-state index contributed by atoms with van der Waals surface area (Å²) in [6.07, 6.45) is -0.995. The second-order valence-electron chi connectivity index (χ2n) is 3.75. The Morgan fingerprint density at radius 2 is 2.24 bits per heavy atom. The van der Waals surface area contributed by atoms with Gasteiger partial charge in [-0.15, -0.1) is 11.3 Å². The molecule has 0 unspecified atom stereocenters. The van der Waals surface area contributed by atoms with Crippen LogP contribution in [-0.2, 0) is 14.8 Å². The zero-order valence-electron chi connectivity index (χ0n) is 8.68. The van der Waals surface area contributed by atoms with Crippen molar-refractivity contribution in [3.8, 4) is 0 Å². The standard InChI is InChI=1S/C9H11NO5S2/c11-6-4-7(9(12)13)10(5-6)17(14,15)8-2-1-3-16-8/h1-3,6-7,11H,4-5H2,(H,12,13)/t6-,7+/m0/s1. The summed E-state index contributed by atoms with van der Waals surface area (Å²) in [7, 11) is -3.81. The number of carbonyl (C=O) groups is 1. The molecule has 2 atom stereocenters. The third-order valence-corrected chi connectivity index (χ3v) is 5.82. The fourth-order valence-corrected chi connectivity index (χ4v) is 4.55. The van der Waals surface area contributed by atoms with Crippen molar-refractivity contribution in [2.24, 2.45) is 0 Å². The third-order valence-electron chi connectivity index (χ3n) is 2.58. The number of hydrogen-bond donors (Lipinski definition) is 2. The summed E-state index contributed by atoms with van der Waals surface area (Å²) in [4.78, 5) is 11.0. The highest BCUT2D eigenvalue weighted by molar-refractivity contribution is 7.91. The van der Waals surface area contributed by atoms with Gasteiger partial charge in [-0.05, 0) is 11.4 Å². The molecule has 1 fully saturated rings. The van der Waals surface area contributed by atoms with Gasteiger partial charge in [0.15, 0.2) is 0 Å². The quantitative estimate of drug-likeness (QED) is 0.808. The predicted molar refractivity (Wildman–Crippen MR) is 60.3 cm³/mol. The maximum absolute atomic E-state index is 12.1. The topological polar surface area (TPSA) is 94.9 Å². The molecule has 0 aromatic carbocycles. The highest BCUT2D eigenvalue weighted by Gasteiger charge is 2.43. The molecule has 1 aliphatic heterocycles. The lowest BCUT2D eigenvalue weighted by atomic mass is 10.2. The van der Waals surface area contributed by atoms with E-state index in [4.69, 9.17) is 5.11 Å². The second kappa shape index (κ2) is 4.37. The van der Waals surface area contributed by atoms with E-state index >= 15 is 0 Å². The number of aliphatic hydroxyl groups is 1. The summed E-state index contributed by atoms with van der Waals surface area (Å²) in [5.74, 6) is -1.23. The van der Waals surface area contributed by atoms with Crippen LogP contribution in [0.15, 0.2) is 21.7 Å². The Morgan fingerprint density at radius 3 is 2.76 bits per heavy atom. The first-order chi connectivity index (χ1) is 7.93. The zero-order chi connectivity index (χ0) is 12.6. The van der Waals surface area contributed by atoms with Crippen LogP contribution >= 0.6 is 11.3 Å². The zero-order valence-corrected chi connectivity index (χ0v) is 10.3. The van der Waals surface area contributed by atoms with Crippen LogP contribution in [0.4, 0.5) is 0 Å². The Morgan fingerprint density at radius 1 is 1.53 bits per heavy atom. The minimum absolute atomic E-state index is 0.0695. The molecule has 2 N–H and O–H groups in total. The fourth-order valence-electron chi connectivity index (χ4n) is 1.80. The number of nitrogens with zero attached hydrogens (tertiary/aromatic N) is 1. The maximum Gasteiger partial charge on any atom is 0.322 e. The largest absolute Gasteiger partial charge is 0.480 e. The van der Waals surface area contributed by atoms with E-state index in [1.54, 1.807) is 11.4 Å². The molecule has 1 saturated heterocycles. The molecule has 1 aromatic heterocycles. The second-order valence-corrected chi connectivity index (χ2v) is 6.82. The number of carboxylic acid groups (broad SMARTS) is 1. The van der Waals surface area contributed by atoms with E-state index in [9.17, 15) is 18.3 Å². The van der Waals surface area contributed by atoms with Gasteiger partial charge in [-0.3, -0.25) is 4.79 Å². The van der Waals surface area contributed by atoms with Gasteiger partial charge in [-0.1, -0.05) is 6.07 Å². The van der Waals surface area contributed by atoms with Crippen molar-refractivity contribution in [3.63, 3.8) is 0 Å². The predicted octanol–water partition coefficient (Wildman–Crippen LogP) is -0.0434. The molecular formula is C9H11NO5S2. The van der Waals surface area contributed by atoms with Crippen LogP contribution in [0.5, 0.6) is 0 Å². The summed E-state index contributed by atoms with van der Waals surface area (Å²) < 4.78 is 25.2. The molecule has 17 heavy (non-hydrogen) atoms. The Kier molecular flexibility index (Phi) is 3.21. The van der Waals surface area contributed by atoms with Crippen LogP contribution in [0.2, 0.25) is 0 Å². The summed E-state index contributed by atoms with van der Waals surface area (Å²) in [6, 6.07) is 1.82. The lowest BCUT2D eigenvalue weighted by molar-refractivity contribution is -0.140. The Labute approximate surface area is 102 Å². The number of aliphatic carboxylic acids is 1. The average Bonchev–Trinajstić information content (AvgIpc) is 2.84. The molecule has 0 saturated carbocycles. The molecule has 94 valence electrons. The van der Waals surface area contributed by atoms with Gasteiger partial charge in [0.05, 0.1) is 6.10 Å². The average molecular weight is 277 g/mol. The van der Waals surface area contributed by atoms with Gasteiger partial charge in [0.25, 0.3) is 10.0 Å². The first-order valence-corrected chi connectivity index (χ1v) is 7.21. The minimum Gasteiger partial charge on any atom is -0.480 e. The maximum atomic E-state index is 12.1. The van der Waals surface area contributed by atoms with E-state index in [0.29, 0.717) is 0 Å². The Hall–Kier alpha value is -0.960.